The van der Waals surface area contributed by atoms with Crippen LogP contribution in [0.3, 0.4) is 0 Å². The topological polar surface area (TPSA) is 69.2 Å². The molecular formula is C18H16NO3-. The van der Waals surface area contributed by atoms with Crippen LogP contribution in [0, 0.1) is 0 Å². The fourth-order valence-corrected chi connectivity index (χ4v) is 2.01. The maximum atomic E-state index is 11.9. The molecule has 0 aromatic heterocycles. The largest absolute Gasteiger partial charge is 0.545 e. The molecule has 0 heterocycles. The number of benzene rings is 2. The zero-order valence-electron chi connectivity index (χ0n) is 12.0. The van der Waals surface area contributed by atoms with Crippen molar-refractivity contribution in [2.75, 3.05) is 5.32 Å². The summed E-state index contributed by atoms with van der Waals surface area (Å²) >= 11 is 0. The van der Waals surface area contributed by atoms with Gasteiger partial charge >= 0.3 is 0 Å². The molecule has 2 aromatic rings. The maximum Gasteiger partial charge on any atom is 0.224 e. The van der Waals surface area contributed by atoms with E-state index in [4.69, 9.17) is 0 Å². The fraction of sp³-hybridized carbons (Fsp3) is 0.111. The van der Waals surface area contributed by atoms with Crippen LogP contribution < -0.4 is 10.4 Å². The molecule has 2 aromatic carbocycles. The summed E-state index contributed by atoms with van der Waals surface area (Å²) in [5, 5.41) is 13.2. The minimum Gasteiger partial charge on any atom is -0.545 e. The molecule has 0 atom stereocenters. The third-order valence-electron chi connectivity index (χ3n) is 3.07. The number of carboxylic acid groups (broad SMARTS) is 1. The minimum absolute atomic E-state index is 0.0788. The second kappa shape index (κ2) is 7.78. The Morgan fingerprint density at radius 1 is 1.05 bits per heavy atom. The molecule has 2 rings (SSSR count). The molecule has 0 aliphatic heterocycles. The third-order valence-corrected chi connectivity index (χ3v) is 3.07. The number of aryl methyl sites for hydroxylation is 1. The lowest BCUT2D eigenvalue weighted by Gasteiger charge is -2.06. The Bertz CT molecular complexity index is 678. The third kappa shape index (κ3) is 5.25. The molecule has 0 fully saturated rings. The number of amides is 1. The highest BCUT2D eigenvalue weighted by Gasteiger charge is 2.03. The number of carbonyl (C=O) groups excluding carboxylic acids is 2. The van der Waals surface area contributed by atoms with E-state index in [2.05, 4.69) is 5.32 Å². The molecule has 0 aliphatic carbocycles. The highest BCUT2D eigenvalue weighted by molar-refractivity contribution is 5.91. The van der Waals surface area contributed by atoms with Crippen molar-refractivity contribution < 1.29 is 14.7 Å². The van der Waals surface area contributed by atoms with E-state index >= 15 is 0 Å². The van der Waals surface area contributed by atoms with Crippen molar-refractivity contribution >= 4 is 23.6 Å². The van der Waals surface area contributed by atoms with Crippen LogP contribution in [0.15, 0.2) is 60.7 Å². The van der Waals surface area contributed by atoms with Crippen LogP contribution in [-0.4, -0.2) is 11.9 Å². The van der Waals surface area contributed by atoms with Crippen molar-refractivity contribution in [2.45, 2.75) is 12.8 Å². The van der Waals surface area contributed by atoms with Gasteiger partial charge in [0.1, 0.15) is 0 Å². The van der Waals surface area contributed by atoms with Crippen LogP contribution >= 0.6 is 0 Å². The predicted molar refractivity (Wildman–Crippen MR) is 83.9 cm³/mol. The fourth-order valence-electron chi connectivity index (χ4n) is 2.01. The normalized spacial score (nSPS) is 10.5. The van der Waals surface area contributed by atoms with Gasteiger partial charge in [-0.25, -0.2) is 0 Å². The molecule has 0 bridgehead atoms. The number of hydrogen-bond donors (Lipinski definition) is 1. The van der Waals surface area contributed by atoms with Gasteiger partial charge in [0.2, 0.25) is 5.91 Å². The Hall–Kier alpha value is -2.88. The second-order valence-electron chi connectivity index (χ2n) is 4.81. The summed E-state index contributed by atoms with van der Waals surface area (Å²) in [6.07, 6.45) is 3.45. The van der Waals surface area contributed by atoms with Crippen LogP contribution in [0.25, 0.3) is 6.08 Å². The molecule has 0 spiro atoms. The number of aliphatic carboxylic acids is 1. The average molecular weight is 294 g/mol. The van der Waals surface area contributed by atoms with Crippen LogP contribution in [0.1, 0.15) is 17.5 Å². The Kier molecular flexibility index (Phi) is 5.49. The number of rotatable bonds is 6. The summed E-state index contributed by atoms with van der Waals surface area (Å²) < 4.78 is 0. The lowest BCUT2D eigenvalue weighted by molar-refractivity contribution is -0.297. The van der Waals surface area contributed by atoms with Gasteiger partial charge in [-0.15, -0.1) is 0 Å². The summed E-state index contributed by atoms with van der Waals surface area (Å²) in [5.74, 6) is -1.33. The van der Waals surface area contributed by atoms with Gasteiger partial charge in [0.05, 0.1) is 5.97 Å². The molecule has 1 N–H and O–H groups in total. The predicted octanol–water partition coefficient (Wildman–Crippen LogP) is 2.02. The van der Waals surface area contributed by atoms with Crippen molar-refractivity contribution in [3.05, 3.63) is 71.8 Å². The van der Waals surface area contributed by atoms with Crippen molar-refractivity contribution in [1.29, 1.82) is 0 Å². The SMILES string of the molecule is O=C([O-])/C=C/c1cccc(NC(=O)CCc2ccccc2)c1. The summed E-state index contributed by atoms with van der Waals surface area (Å²) in [6, 6.07) is 16.8. The lowest BCUT2D eigenvalue weighted by Crippen LogP contribution is -2.18. The quantitative estimate of drug-likeness (QED) is 0.829. The standard InChI is InChI=1S/C18H17NO3/c20-17(11-9-14-5-2-1-3-6-14)19-16-8-4-7-15(13-16)10-12-18(21)22/h1-8,10,12-13H,9,11H2,(H,19,20)(H,21,22)/p-1/b12-10+. The van der Waals surface area contributed by atoms with Gasteiger partial charge in [0.25, 0.3) is 0 Å². The summed E-state index contributed by atoms with van der Waals surface area (Å²) in [5.41, 5.74) is 2.44. The van der Waals surface area contributed by atoms with Crippen molar-refractivity contribution in [2.24, 2.45) is 0 Å². The van der Waals surface area contributed by atoms with Gasteiger partial charge < -0.3 is 15.2 Å². The molecule has 0 unspecified atom stereocenters. The van der Waals surface area contributed by atoms with E-state index in [0.29, 0.717) is 24.1 Å². The Morgan fingerprint density at radius 2 is 1.82 bits per heavy atom. The molecule has 4 heteroatoms. The molecule has 0 saturated heterocycles. The number of nitrogens with one attached hydrogen (secondary N) is 1. The minimum atomic E-state index is -1.25. The smallest absolute Gasteiger partial charge is 0.224 e. The van der Waals surface area contributed by atoms with E-state index < -0.39 is 5.97 Å². The second-order valence-corrected chi connectivity index (χ2v) is 4.81. The molecule has 22 heavy (non-hydrogen) atoms. The highest BCUT2D eigenvalue weighted by atomic mass is 16.4. The van der Waals surface area contributed by atoms with Gasteiger partial charge in [0, 0.05) is 12.1 Å². The van der Waals surface area contributed by atoms with Crippen LogP contribution in [0.5, 0.6) is 0 Å². The number of anilines is 1. The molecule has 0 radical (unpaired) electrons. The van der Waals surface area contributed by atoms with Gasteiger partial charge in [0.15, 0.2) is 0 Å². The van der Waals surface area contributed by atoms with Gasteiger partial charge in [-0.2, -0.15) is 0 Å². The van der Waals surface area contributed by atoms with Crippen molar-refractivity contribution in [1.82, 2.24) is 0 Å². The van der Waals surface area contributed by atoms with Crippen LogP contribution in [0.2, 0.25) is 0 Å². The maximum absolute atomic E-state index is 11.9. The van der Waals surface area contributed by atoms with Crippen LogP contribution in [0.4, 0.5) is 5.69 Å². The molecule has 4 nitrogen and oxygen atoms in total. The van der Waals surface area contributed by atoms with E-state index in [0.717, 1.165) is 11.6 Å². The van der Waals surface area contributed by atoms with E-state index in [9.17, 15) is 14.7 Å². The van der Waals surface area contributed by atoms with E-state index in [1.54, 1.807) is 24.3 Å². The Morgan fingerprint density at radius 3 is 2.55 bits per heavy atom. The lowest BCUT2D eigenvalue weighted by atomic mass is 10.1. The molecular weight excluding hydrogens is 278 g/mol. The number of hydrogen-bond acceptors (Lipinski definition) is 3. The zero-order chi connectivity index (χ0) is 15.8. The van der Waals surface area contributed by atoms with E-state index in [-0.39, 0.29) is 5.91 Å². The monoisotopic (exact) mass is 294 g/mol. The van der Waals surface area contributed by atoms with Crippen molar-refractivity contribution in [3.63, 3.8) is 0 Å². The molecule has 112 valence electrons. The van der Waals surface area contributed by atoms with Gasteiger partial charge in [-0.1, -0.05) is 48.5 Å². The molecule has 0 saturated carbocycles. The Labute approximate surface area is 129 Å². The van der Waals surface area contributed by atoms with Crippen molar-refractivity contribution in [3.8, 4) is 0 Å². The first-order valence-corrected chi connectivity index (χ1v) is 6.96. The van der Waals surface area contributed by atoms with Crippen LogP contribution in [-0.2, 0) is 16.0 Å². The van der Waals surface area contributed by atoms with E-state index in [1.807, 2.05) is 30.3 Å². The summed E-state index contributed by atoms with van der Waals surface area (Å²) in [7, 11) is 0. The molecule has 1 amide bonds. The van der Waals surface area contributed by atoms with Gasteiger partial charge in [-0.3, -0.25) is 4.79 Å². The number of carboxylic acids is 1. The number of carbonyl (C=O) groups is 2. The van der Waals surface area contributed by atoms with E-state index in [1.165, 1.54) is 6.08 Å². The Balaban J connectivity index is 1.91. The van der Waals surface area contributed by atoms with Gasteiger partial charge in [-0.05, 0) is 35.8 Å². The first kappa shape index (κ1) is 15.5. The summed E-state index contributed by atoms with van der Waals surface area (Å²) in [6.45, 7) is 0. The highest BCUT2D eigenvalue weighted by Crippen LogP contribution is 2.13. The zero-order valence-corrected chi connectivity index (χ0v) is 12.0. The molecule has 0 aliphatic rings. The first-order valence-electron chi connectivity index (χ1n) is 6.96. The first-order chi connectivity index (χ1) is 10.6. The average Bonchev–Trinajstić information content (AvgIpc) is 2.52. The summed E-state index contributed by atoms with van der Waals surface area (Å²) in [4.78, 5) is 22.3.